The molecule has 0 bridgehead atoms. The van der Waals surface area contributed by atoms with E-state index in [0.29, 0.717) is 31.6 Å². The van der Waals surface area contributed by atoms with Gasteiger partial charge in [-0.05, 0) is 30.5 Å². The first-order chi connectivity index (χ1) is 8.95. The zero-order valence-corrected chi connectivity index (χ0v) is 11.4. The summed E-state index contributed by atoms with van der Waals surface area (Å²) < 4.78 is 27.9. The third-order valence-corrected chi connectivity index (χ3v) is 4.54. The van der Waals surface area contributed by atoms with E-state index in [1.807, 2.05) is 6.92 Å². The molecule has 19 heavy (non-hydrogen) atoms. The fraction of sp³-hybridized carbons (Fsp3) is 0.417. The van der Waals surface area contributed by atoms with E-state index < -0.39 is 16.2 Å². The van der Waals surface area contributed by atoms with Crippen LogP contribution in [0.5, 0.6) is 0 Å². The van der Waals surface area contributed by atoms with Crippen LogP contribution in [-0.4, -0.2) is 32.6 Å². The van der Waals surface area contributed by atoms with Crippen LogP contribution in [0, 0.1) is 0 Å². The molecule has 7 heteroatoms. The summed E-state index contributed by atoms with van der Waals surface area (Å²) in [5.41, 5.74) is 1.41. The topological polar surface area (TPSA) is 86.7 Å². The maximum Gasteiger partial charge on any atom is 0.335 e. The predicted octanol–water partition coefficient (Wildman–Crippen LogP) is 0.992. The smallest absolute Gasteiger partial charge is 0.335 e. The molecule has 0 amide bonds. The van der Waals surface area contributed by atoms with E-state index in [1.54, 1.807) is 6.07 Å². The second-order valence-corrected chi connectivity index (χ2v) is 6.05. The van der Waals surface area contributed by atoms with Gasteiger partial charge in [-0.15, -0.1) is 0 Å². The quantitative estimate of drug-likeness (QED) is 0.844. The normalized spacial score (nSPS) is 14.5. The Bertz CT molecular complexity index is 598. The third-order valence-electron chi connectivity index (χ3n) is 3.01. The molecule has 0 spiro atoms. The number of nitrogens with one attached hydrogen (secondary N) is 1. The van der Waals surface area contributed by atoms with Crippen LogP contribution in [0.4, 0.5) is 5.69 Å². The summed E-state index contributed by atoms with van der Waals surface area (Å²) in [5.74, 6) is -1.06. The van der Waals surface area contributed by atoms with E-state index in [2.05, 4.69) is 4.72 Å². The summed E-state index contributed by atoms with van der Waals surface area (Å²) in [5, 5.41) is 8.96. The highest BCUT2D eigenvalue weighted by atomic mass is 32.2. The number of benzene rings is 1. The van der Waals surface area contributed by atoms with Crippen molar-refractivity contribution < 1.29 is 18.3 Å². The zero-order valence-electron chi connectivity index (χ0n) is 10.6. The van der Waals surface area contributed by atoms with Gasteiger partial charge in [0.2, 0.25) is 0 Å². The molecule has 0 saturated heterocycles. The second kappa shape index (κ2) is 5.18. The van der Waals surface area contributed by atoms with Gasteiger partial charge in [-0.1, -0.05) is 13.0 Å². The van der Waals surface area contributed by atoms with Crippen LogP contribution < -0.4 is 9.03 Å². The van der Waals surface area contributed by atoms with Crippen molar-refractivity contribution >= 4 is 21.9 Å². The van der Waals surface area contributed by atoms with Crippen molar-refractivity contribution in [3.8, 4) is 0 Å². The van der Waals surface area contributed by atoms with E-state index in [1.165, 1.54) is 16.4 Å². The highest BCUT2D eigenvalue weighted by molar-refractivity contribution is 7.90. The molecule has 0 fully saturated rings. The summed E-state index contributed by atoms with van der Waals surface area (Å²) in [6, 6.07) is 4.58. The zero-order chi connectivity index (χ0) is 14.0. The van der Waals surface area contributed by atoms with Crippen LogP contribution in [0.15, 0.2) is 18.2 Å². The van der Waals surface area contributed by atoms with Gasteiger partial charge in [0.05, 0.1) is 11.3 Å². The van der Waals surface area contributed by atoms with Crippen molar-refractivity contribution in [2.75, 3.05) is 17.4 Å². The van der Waals surface area contributed by atoms with Gasteiger partial charge in [-0.3, -0.25) is 4.31 Å². The van der Waals surface area contributed by atoms with Crippen LogP contribution in [-0.2, 0) is 16.6 Å². The van der Waals surface area contributed by atoms with Gasteiger partial charge < -0.3 is 5.11 Å². The average molecular weight is 284 g/mol. The first-order valence-electron chi connectivity index (χ1n) is 6.09. The number of carboxylic acid groups (broad SMARTS) is 1. The van der Waals surface area contributed by atoms with E-state index in [0.717, 1.165) is 5.56 Å². The highest BCUT2D eigenvalue weighted by Gasteiger charge is 2.29. The van der Waals surface area contributed by atoms with Gasteiger partial charge in [0, 0.05) is 13.1 Å². The van der Waals surface area contributed by atoms with Gasteiger partial charge in [-0.25, -0.2) is 4.79 Å². The molecule has 0 aliphatic carbocycles. The number of carboxylic acids is 1. The van der Waals surface area contributed by atoms with Gasteiger partial charge >= 0.3 is 16.2 Å². The average Bonchev–Trinajstić information content (AvgIpc) is 2.79. The fourth-order valence-corrected chi connectivity index (χ4v) is 3.42. The Balaban J connectivity index is 2.35. The minimum atomic E-state index is -3.59. The summed E-state index contributed by atoms with van der Waals surface area (Å²) in [7, 11) is -3.59. The lowest BCUT2D eigenvalue weighted by Gasteiger charge is -2.19. The van der Waals surface area contributed by atoms with E-state index >= 15 is 0 Å². The monoisotopic (exact) mass is 284 g/mol. The summed E-state index contributed by atoms with van der Waals surface area (Å²) in [6.45, 7) is 2.59. The maximum atomic E-state index is 12.1. The molecule has 0 atom stereocenters. The number of rotatable bonds is 5. The second-order valence-electron chi connectivity index (χ2n) is 4.37. The Kier molecular flexibility index (Phi) is 3.77. The molecule has 2 rings (SSSR count). The van der Waals surface area contributed by atoms with Crippen molar-refractivity contribution in [1.82, 2.24) is 4.72 Å². The Hall–Kier alpha value is -1.60. The molecule has 104 valence electrons. The minimum Gasteiger partial charge on any atom is -0.478 e. The molecule has 0 saturated carbocycles. The Morgan fingerprint density at radius 2 is 2.21 bits per heavy atom. The van der Waals surface area contributed by atoms with Crippen LogP contribution in [0.3, 0.4) is 0 Å². The molecule has 1 heterocycles. The molecular formula is C12H16N2O4S. The number of carbonyl (C=O) groups is 1. The van der Waals surface area contributed by atoms with Crippen LogP contribution >= 0.6 is 0 Å². The summed E-state index contributed by atoms with van der Waals surface area (Å²) in [4.78, 5) is 10.9. The molecule has 0 radical (unpaired) electrons. The fourth-order valence-electron chi connectivity index (χ4n) is 2.04. The van der Waals surface area contributed by atoms with Crippen molar-refractivity contribution in [2.24, 2.45) is 0 Å². The predicted molar refractivity (Wildman–Crippen MR) is 71.7 cm³/mol. The molecule has 1 aromatic carbocycles. The molecule has 6 nitrogen and oxygen atoms in total. The first-order valence-corrected chi connectivity index (χ1v) is 7.53. The lowest BCUT2D eigenvalue weighted by molar-refractivity contribution is 0.0697. The van der Waals surface area contributed by atoms with Crippen molar-refractivity contribution in [2.45, 2.75) is 19.8 Å². The van der Waals surface area contributed by atoms with Crippen LogP contribution in [0.2, 0.25) is 0 Å². The van der Waals surface area contributed by atoms with Gasteiger partial charge in [0.1, 0.15) is 0 Å². The Labute approximate surface area is 112 Å². The van der Waals surface area contributed by atoms with Gasteiger partial charge in [0.25, 0.3) is 0 Å². The Morgan fingerprint density at radius 3 is 2.84 bits per heavy atom. The number of hydrogen-bond acceptors (Lipinski definition) is 3. The van der Waals surface area contributed by atoms with E-state index in [-0.39, 0.29) is 5.56 Å². The van der Waals surface area contributed by atoms with Gasteiger partial charge in [-0.2, -0.15) is 13.1 Å². The minimum absolute atomic E-state index is 0.0938. The number of hydrogen-bond donors (Lipinski definition) is 2. The number of aromatic carboxylic acids is 1. The van der Waals surface area contributed by atoms with Crippen molar-refractivity contribution in [3.05, 3.63) is 29.3 Å². The lowest BCUT2D eigenvalue weighted by atomic mass is 10.1. The molecule has 0 unspecified atom stereocenters. The number of anilines is 1. The number of nitrogens with zero attached hydrogens (tertiary/aromatic N) is 1. The van der Waals surface area contributed by atoms with E-state index in [9.17, 15) is 13.2 Å². The molecule has 1 aliphatic heterocycles. The van der Waals surface area contributed by atoms with Crippen LogP contribution in [0.1, 0.15) is 29.3 Å². The maximum absolute atomic E-state index is 12.1. The summed E-state index contributed by atoms with van der Waals surface area (Å²) >= 11 is 0. The lowest BCUT2D eigenvalue weighted by Crippen LogP contribution is -2.40. The summed E-state index contributed by atoms with van der Waals surface area (Å²) in [6.07, 6.45) is 1.30. The first kappa shape index (κ1) is 13.8. The standard InChI is InChI=1S/C12H16N2O4S/c1-2-6-13-19(17,18)14-7-5-9-3-4-10(12(15)16)8-11(9)14/h3-4,8,13H,2,5-7H2,1H3,(H,15,16). The number of fused-ring (bicyclic) bond motifs is 1. The van der Waals surface area contributed by atoms with Crippen molar-refractivity contribution in [1.29, 1.82) is 0 Å². The molecule has 2 N–H and O–H groups in total. The van der Waals surface area contributed by atoms with Crippen LogP contribution in [0.25, 0.3) is 0 Å². The SMILES string of the molecule is CCCNS(=O)(=O)N1CCc2ccc(C(=O)O)cc21. The third kappa shape index (κ3) is 2.71. The highest BCUT2D eigenvalue weighted by Crippen LogP contribution is 2.30. The molecule has 1 aromatic rings. The van der Waals surface area contributed by atoms with Crippen molar-refractivity contribution in [3.63, 3.8) is 0 Å². The Morgan fingerprint density at radius 1 is 1.47 bits per heavy atom. The largest absolute Gasteiger partial charge is 0.478 e. The molecule has 0 aromatic heterocycles. The molecule has 1 aliphatic rings. The van der Waals surface area contributed by atoms with Gasteiger partial charge in [0.15, 0.2) is 0 Å². The van der Waals surface area contributed by atoms with E-state index in [4.69, 9.17) is 5.11 Å². The molecular weight excluding hydrogens is 268 g/mol.